The molecule has 0 aliphatic heterocycles. The Morgan fingerprint density at radius 3 is 2.42 bits per heavy atom. The predicted molar refractivity (Wildman–Crippen MR) is 69.6 cm³/mol. The van der Waals surface area contributed by atoms with Crippen LogP contribution < -0.4 is 4.74 Å². The standard InChI is InChI=1S/C15H18O4/c1-15(2)12(8-16)13(15)14(17)19-9-10-4-6-11(18-3)7-5-10/h4-8,12-13H,9H2,1-3H3. The molecule has 0 spiro atoms. The van der Waals surface area contributed by atoms with E-state index in [0.717, 1.165) is 17.6 Å². The topological polar surface area (TPSA) is 52.6 Å². The Labute approximate surface area is 112 Å². The van der Waals surface area contributed by atoms with E-state index in [1.807, 2.05) is 38.1 Å². The van der Waals surface area contributed by atoms with Crippen molar-refractivity contribution in [3.8, 4) is 5.75 Å². The molecule has 0 aromatic heterocycles. The Morgan fingerprint density at radius 1 is 1.32 bits per heavy atom. The van der Waals surface area contributed by atoms with E-state index in [1.165, 1.54) is 0 Å². The molecule has 1 aromatic carbocycles. The van der Waals surface area contributed by atoms with Gasteiger partial charge in [-0.1, -0.05) is 26.0 Å². The molecule has 1 aliphatic carbocycles. The Bertz CT molecular complexity index is 475. The molecular formula is C15H18O4. The monoisotopic (exact) mass is 262 g/mol. The number of aldehydes is 1. The van der Waals surface area contributed by atoms with E-state index in [4.69, 9.17) is 9.47 Å². The molecule has 1 aliphatic rings. The summed E-state index contributed by atoms with van der Waals surface area (Å²) in [5.41, 5.74) is 0.633. The minimum absolute atomic E-state index is 0.212. The first-order valence-corrected chi connectivity index (χ1v) is 6.25. The van der Waals surface area contributed by atoms with Crippen LogP contribution in [0.1, 0.15) is 19.4 Å². The van der Waals surface area contributed by atoms with Crippen LogP contribution in [0.3, 0.4) is 0 Å². The van der Waals surface area contributed by atoms with Crippen LogP contribution in [0.4, 0.5) is 0 Å². The van der Waals surface area contributed by atoms with Gasteiger partial charge in [-0.05, 0) is 23.1 Å². The first-order valence-electron chi connectivity index (χ1n) is 6.25. The molecule has 1 saturated carbocycles. The van der Waals surface area contributed by atoms with Crippen LogP contribution in [0.5, 0.6) is 5.75 Å². The summed E-state index contributed by atoms with van der Waals surface area (Å²) in [6, 6.07) is 7.33. The van der Waals surface area contributed by atoms with Gasteiger partial charge in [-0.3, -0.25) is 4.79 Å². The first kappa shape index (κ1) is 13.6. The molecule has 0 heterocycles. The van der Waals surface area contributed by atoms with Gasteiger partial charge in [0.15, 0.2) is 0 Å². The van der Waals surface area contributed by atoms with Gasteiger partial charge in [-0.2, -0.15) is 0 Å². The maximum atomic E-state index is 11.9. The molecule has 0 saturated heterocycles. The Morgan fingerprint density at radius 2 is 1.95 bits per heavy atom. The van der Waals surface area contributed by atoms with Gasteiger partial charge in [-0.25, -0.2) is 0 Å². The Balaban J connectivity index is 1.89. The molecule has 4 nitrogen and oxygen atoms in total. The van der Waals surface area contributed by atoms with E-state index in [2.05, 4.69) is 0 Å². The minimum Gasteiger partial charge on any atom is -0.497 e. The highest BCUT2D eigenvalue weighted by atomic mass is 16.5. The summed E-state index contributed by atoms with van der Waals surface area (Å²) in [6.45, 7) is 4.04. The molecule has 0 bridgehead atoms. The fourth-order valence-electron chi connectivity index (χ4n) is 2.35. The number of ether oxygens (including phenoxy) is 2. The molecule has 4 heteroatoms. The maximum absolute atomic E-state index is 11.9. The van der Waals surface area contributed by atoms with Crippen molar-refractivity contribution in [1.82, 2.24) is 0 Å². The molecule has 0 N–H and O–H groups in total. The van der Waals surface area contributed by atoms with Gasteiger partial charge in [0.25, 0.3) is 0 Å². The third-order valence-electron chi connectivity index (χ3n) is 3.85. The highest BCUT2D eigenvalue weighted by Gasteiger charge is 2.62. The highest BCUT2D eigenvalue weighted by Crippen LogP contribution is 2.57. The lowest BCUT2D eigenvalue weighted by Gasteiger charge is -2.06. The fraction of sp³-hybridized carbons (Fsp3) is 0.467. The Kier molecular flexibility index (Phi) is 3.60. The van der Waals surface area contributed by atoms with Gasteiger partial charge in [0, 0.05) is 5.92 Å². The number of esters is 1. The van der Waals surface area contributed by atoms with E-state index in [0.29, 0.717) is 0 Å². The summed E-state index contributed by atoms with van der Waals surface area (Å²) in [5, 5.41) is 0. The number of carbonyl (C=O) groups is 2. The van der Waals surface area contributed by atoms with Crippen LogP contribution in [0.15, 0.2) is 24.3 Å². The summed E-state index contributed by atoms with van der Waals surface area (Å²) in [6.07, 6.45) is 0.847. The molecular weight excluding hydrogens is 244 g/mol. The second kappa shape index (κ2) is 5.03. The SMILES string of the molecule is COc1ccc(COC(=O)C2C(C=O)C2(C)C)cc1. The van der Waals surface area contributed by atoms with Crippen molar-refractivity contribution in [2.24, 2.45) is 17.3 Å². The minimum atomic E-state index is -0.303. The summed E-state index contributed by atoms with van der Waals surface area (Å²) >= 11 is 0. The van der Waals surface area contributed by atoms with Crippen molar-refractivity contribution in [1.29, 1.82) is 0 Å². The van der Waals surface area contributed by atoms with E-state index in [-0.39, 0.29) is 29.8 Å². The smallest absolute Gasteiger partial charge is 0.310 e. The van der Waals surface area contributed by atoms with Crippen LogP contribution in [-0.4, -0.2) is 19.4 Å². The summed E-state index contributed by atoms with van der Waals surface area (Å²) in [7, 11) is 1.60. The zero-order chi connectivity index (χ0) is 14.0. The summed E-state index contributed by atoms with van der Waals surface area (Å²) in [4.78, 5) is 22.7. The molecule has 0 amide bonds. The number of rotatable bonds is 5. The number of benzene rings is 1. The zero-order valence-corrected chi connectivity index (χ0v) is 11.4. The fourth-order valence-corrected chi connectivity index (χ4v) is 2.35. The van der Waals surface area contributed by atoms with Crippen molar-refractivity contribution >= 4 is 12.3 Å². The highest BCUT2D eigenvalue weighted by molar-refractivity contribution is 5.84. The number of methoxy groups -OCH3 is 1. The van der Waals surface area contributed by atoms with Gasteiger partial charge in [0.1, 0.15) is 18.6 Å². The Hall–Kier alpha value is -1.84. The zero-order valence-electron chi connectivity index (χ0n) is 11.4. The first-order chi connectivity index (χ1) is 9.00. The lowest BCUT2D eigenvalue weighted by atomic mass is 10.1. The van der Waals surface area contributed by atoms with Crippen LogP contribution in [0, 0.1) is 17.3 Å². The van der Waals surface area contributed by atoms with Crippen molar-refractivity contribution in [2.45, 2.75) is 20.5 Å². The normalized spacial score (nSPS) is 23.5. The second-order valence-corrected chi connectivity index (χ2v) is 5.42. The average molecular weight is 262 g/mol. The molecule has 2 rings (SSSR count). The van der Waals surface area contributed by atoms with Crippen molar-refractivity contribution in [3.63, 3.8) is 0 Å². The van der Waals surface area contributed by atoms with Crippen LogP contribution in [0.25, 0.3) is 0 Å². The van der Waals surface area contributed by atoms with E-state index >= 15 is 0 Å². The molecule has 19 heavy (non-hydrogen) atoms. The quantitative estimate of drug-likeness (QED) is 0.603. The van der Waals surface area contributed by atoms with Gasteiger partial charge in [0.05, 0.1) is 13.0 Å². The van der Waals surface area contributed by atoms with Gasteiger partial charge in [-0.15, -0.1) is 0 Å². The molecule has 1 fully saturated rings. The number of hydrogen-bond donors (Lipinski definition) is 0. The molecule has 0 radical (unpaired) electrons. The van der Waals surface area contributed by atoms with Crippen molar-refractivity contribution in [3.05, 3.63) is 29.8 Å². The van der Waals surface area contributed by atoms with E-state index in [9.17, 15) is 9.59 Å². The van der Waals surface area contributed by atoms with E-state index < -0.39 is 0 Å². The predicted octanol–water partition coefficient (Wildman–Crippen LogP) is 2.21. The van der Waals surface area contributed by atoms with Crippen LogP contribution in [0.2, 0.25) is 0 Å². The van der Waals surface area contributed by atoms with E-state index in [1.54, 1.807) is 7.11 Å². The summed E-state index contributed by atoms with van der Waals surface area (Å²) in [5.74, 6) is -0.0449. The van der Waals surface area contributed by atoms with Crippen LogP contribution >= 0.6 is 0 Å². The molecule has 2 atom stereocenters. The lowest BCUT2D eigenvalue weighted by Crippen LogP contribution is -2.10. The largest absolute Gasteiger partial charge is 0.497 e. The molecule has 2 unspecified atom stereocenters. The van der Waals surface area contributed by atoms with Gasteiger partial charge >= 0.3 is 5.97 Å². The van der Waals surface area contributed by atoms with Crippen LogP contribution in [-0.2, 0) is 20.9 Å². The maximum Gasteiger partial charge on any atom is 0.310 e. The molecule has 1 aromatic rings. The number of hydrogen-bond acceptors (Lipinski definition) is 4. The lowest BCUT2D eigenvalue weighted by molar-refractivity contribution is -0.147. The summed E-state index contributed by atoms with van der Waals surface area (Å²) < 4.78 is 10.3. The third kappa shape index (κ3) is 2.62. The second-order valence-electron chi connectivity index (χ2n) is 5.42. The number of carbonyl (C=O) groups excluding carboxylic acids is 2. The van der Waals surface area contributed by atoms with Crippen molar-refractivity contribution in [2.75, 3.05) is 7.11 Å². The third-order valence-corrected chi connectivity index (χ3v) is 3.85. The van der Waals surface area contributed by atoms with Gasteiger partial charge < -0.3 is 14.3 Å². The molecule has 102 valence electrons. The average Bonchev–Trinajstić information content (AvgIpc) is 2.98. The van der Waals surface area contributed by atoms with Gasteiger partial charge in [0.2, 0.25) is 0 Å². The van der Waals surface area contributed by atoms with Crippen molar-refractivity contribution < 1.29 is 19.1 Å².